The van der Waals surface area contributed by atoms with Crippen LogP contribution in [0.15, 0.2) is 11.0 Å². The summed E-state index contributed by atoms with van der Waals surface area (Å²) in [4.78, 5) is 32.1. The number of amides is 1. The lowest BCUT2D eigenvalue weighted by molar-refractivity contribution is -0.151. The lowest BCUT2D eigenvalue weighted by Crippen LogP contribution is -2.49. The fourth-order valence-electron chi connectivity index (χ4n) is 2.37. The Morgan fingerprint density at radius 3 is 3.00 bits per heavy atom. The Hall–Kier alpha value is -2.71. The number of fused-ring (bicyclic) bond motifs is 1. The molecule has 3 rings (SSSR count). The third-order valence-corrected chi connectivity index (χ3v) is 3.57. The van der Waals surface area contributed by atoms with Crippen LogP contribution in [0.1, 0.15) is 22.8 Å². The normalized spacial score (nSPS) is 17.6. The summed E-state index contributed by atoms with van der Waals surface area (Å²) in [5.41, 5.74) is 2.38. The maximum atomic E-state index is 12.4. The quantitative estimate of drug-likeness (QED) is 0.793. The molecule has 3 heterocycles. The van der Waals surface area contributed by atoms with E-state index in [2.05, 4.69) is 24.9 Å². The van der Waals surface area contributed by atoms with E-state index in [0.29, 0.717) is 17.1 Å². The van der Waals surface area contributed by atoms with Gasteiger partial charge in [-0.3, -0.25) is 4.79 Å². The van der Waals surface area contributed by atoms with Crippen molar-refractivity contribution in [3.05, 3.63) is 29.1 Å². The molecule has 0 unspecified atom stereocenters. The molecule has 1 atom stereocenters. The van der Waals surface area contributed by atoms with Crippen LogP contribution in [0.25, 0.3) is 0 Å². The first kappa shape index (κ1) is 13.3. The number of hydrogen-bond donors (Lipinski definition) is 2. The number of aliphatic carboxylic acids is 1. The monoisotopic (exact) mass is 291 g/mol. The van der Waals surface area contributed by atoms with Crippen molar-refractivity contribution >= 4 is 11.9 Å². The number of carboxylic acid groups (broad SMARTS) is 1. The first-order valence-corrected chi connectivity index (χ1v) is 6.37. The van der Waals surface area contributed by atoms with Crippen LogP contribution in [0, 0.1) is 6.92 Å². The second kappa shape index (κ2) is 5.00. The van der Waals surface area contributed by atoms with Gasteiger partial charge in [0, 0.05) is 6.42 Å². The van der Waals surface area contributed by atoms with Crippen LogP contribution in [0.3, 0.4) is 0 Å². The number of carboxylic acids is 1. The molecule has 0 saturated heterocycles. The molecule has 1 amide bonds. The minimum atomic E-state index is -1.05. The average Bonchev–Trinajstić information content (AvgIpc) is 3.06. The molecule has 0 fully saturated rings. The van der Waals surface area contributed by atoms with Crippen molar-refractivity contribution < 1.29 is 19.3 Å². The number of carbonyl (C=O) groups is 2. The second-order valence-corrected chi connectivity index (χ2v) is 4.88. The minimum absolute atomic E-state index is 0.0391. The van der Waals surface area contributed by atoms with Crippen LogP contribution in [-0.2, 0) is 29.0 Å². The van der Waals surface area contributed by atoms with Crippen molar-refractivity contribution in [2.45, 2.75) is 32.4 Å². The van der Waals surface area contributed by atoms with Crippen molar-refractivity contribution in [3.63, 3.8) is 0 Å². The molecular weight excluding hydrogens is 278 g/mol. The van der Waals surface area contributed by atoms with Gasteiger partial charge in [0.2, 0.25) is 5.91 Å². The lowest BCUT2D eigenvalue weighted by Gasteiger charge is -2.32. The standard InChI is InChI=1S/C12H13N5O4/c1-6-7(16-21-15-6)3-11(18)17-4-9-8(13-5-14-9)2-10(17)12(19)20/h5,10H,2-4H2,1H3,(H,13,14)(H,19,20)/t10-/m1/s1. The molecule has 2 aromatic heterocycles. The van der Waals surface area contributed by atoms with Gasteiger partial charge in [-0.1, -0.05) is 10.3 Å². The molecule has 110 valence electrons. The summed E-state index contributed by atoms with van der Waals surface area (Å²) >= 11 is 0. The Kier molecular flexibility index (Phi) is 3.16. The summed E-state index contributed by atoms with van der Waals surface area (Å²) in [6.07, 6.45) is 1.65. The maximum absolute atomic E-state index is 12.4. The van der Waals surface area contributed by atoms with Crippen LogP contribution in [0.4, 0.5) is 0 Å². The van der Waals surface area contributed by atoms with Gasteiger partial charge in [-0.2, -0.15) is 0 Å². The fourth-order valence-corrected chi connectivity index (χ4v) is 2.37. The molecule has 2 aromatic rings. The van der Waals surface area contributed by atoms with E-state index in [4.69, 9.17) is 0 Å². The van der Waals surface area contributed by atoms with Gasteiger partial charge in [-0.15, -0.1) is 0 Å². The van der Waals surface area contributed by atoms with E-state index in [1.54, 1.807) is 6.92 Å². The SMILES string of the molecule is Cc1nonc1CC(=O)N1Cc2[nH]cnc2C[C@@H]1C(=O)O. The Morgan fingerprint density at radius 2 is 2.33 bits per heavy atom. The second-order valence-electron chi connectivity index (χ2n) is 4.88. The predicted octanol–water partition coefficient (Wildman–Crippen LogP) is -0.318. The van der Waals surface area contributed by atoms with Crippen molar-refractivity contribution in [1.82, 2.24) is 25.2 Å². The number of aromatic nitrogens is 4. The zero-order valence-corrected chi connectivity index (χ0v) is 11.2. The van der Waals surface area contributed by atoms with Crippen LogP contribution in [0.2, 0.25) is 0 Å². The van der Waals surface area contributed by atoms with Crippen molar-refractivity contribution in [2.75, 3.05) is 0 Å². The number of carbonyl (C=O) groups excluding carboxylic acids is 1. The third-order valence-electron chi connectivity index (χ3n) is 3.57. The molecule has 0 radical (unpaired) electrons. The summed E-state index contributed by atoms with van der Waals surface area (Å²) in [5, 5.41) is 16.6. The van der Waals surface area contributed by atoms with E-state index in [1.165, 1.54) is 11.2 Å². The first-order chi connectivity index (χ1) is 10.1. The van der Waals surface area contributed by atoms with E-state index < -0.39 is 12.0 Å². The predicted molar refractivity (Wildman–Crippen MR) is 67.0 cm³/mol. The number of aryl methyl sites for hydroxylation is 1. The highest BCUT2D eigenvalue weighted by molar-refractivity contribution is 5.85. The van der Waals surface area contributed by atoms with E-state index in [9.17, 15) is 14.7 Å². The first-order valence-electron chi connectivity index (χ1n) is 6.37. The zero-order valence-electron chi connectivity index (χ0n) is 11.2. The molecule has 9 heteroatoms. The number of H-pyrrole nitrogens is 1. The van der Waals surface area contributed by atoms with Gasteiger partial charge < -0.3 is 15.0 Å². The van der Waals surface area contributed by atoms with Gasteiger partial charge in [0.05, 0.1) is 30.7 Å². The summed E-state index contributed by atoms with van der Waals surface area (Å²) in [6.45, 7) is 1.87. The van der Waals surface area contributed by atoms with Gasteiger partial charge >= 0.3 is 5.97 Å². The average molecular weight is 291 g/mol. The van der Waals surface area contributed by atoms with Crippen LogP contribution >= 0.6 is 0 Å². The molecule has 1 aliphatic heterocycles. The highest BCUT2D eigenvalue weighted by Gasteiger charge is 2.36. The van der Waals surface area contributed by atoms with Gasteiger partial charge in [-0.05, 0) is 6.92 Å². The Labute approximate surface area is 118 Å². The molecule has 9 nitrogen and oxygen atoms in total. The maximum Gasteiger partial charge on any atom is 0.326 e. The number of aromatic amines is 1. The summed E-state index contributed by atoms with van der Waals surface area (Å²) in [7, 11) is 0. The molecule has 0 spiro atoms. The van der Waals surface area contributed by atoms with E-state index in [-0.39, 0.29) is 25.3 Å². The van der Waals surface area contributed by atoms with Crippen LogP contribution in [-0.4, -0.2) is 48.2 Å². The van der Waals surface area contributed by atoms with Gasteiger partial charge in [0.25, 0.3) is 0 Å². The molecule has 0 aliphatic carbocycles. The molecule has 0 aromatic carbocycles. The molecule has 0 saturated carbocycles. The van der Waals surface area contributed by atoms with Crippen LogP contribution in [0.5, 0.6) is 0 Å². The fraction of sp³-hybridized carbons (Fsp3) is 0.417. The van der Waals surface area contributed by atoms with Gasteiger partial charge in [0.15, 0.2) is 0 Å². The molecular formula is C12H13N5O4. The Morgan fingerprint density at radius 1 is 1.52 bits per heavy atom. The van der Waals surface area contributed by atoms with Crippen molar-refractivity contribution in [2.24, 2.45) is 0 Å². The summed E-state index contributed by atoms with van der Waals surface area (Å²) < 4.78 is 4.55. The summed E-state index contributed by atoms with van der Waals surface area (Å²) in [6, 6.07) is -0.923. The number of nitrogens with zero attached hydrogens (tertiary/aromatic N) is 4. The molecule has 2 N–H and O–H groups in total. The Balaban J connectivity index is 1.83. The molecule has 1 aliphatic rings. The van der Waals surface area contributed by atoms with Crippen molar-refractivity contribution in [3.8, 4) is 0 Å². The van der Waals surface area contributed by atoms with Gasteiger partial charge in [-0.25, -0.2) is 14.4 Å². The lowest BCUT2D eigenvalue weighted by atomic mass is 10.0. The number of imidazole rings is 1. The van der Waals surface area contributed by atoms with E-state index in [0.717, 1.165) is 5.69 Å². The number of rotatable bonds is 3. The van der Waals surface area contributed by atoms with E-state index in [1.807, 2.05) is 0 Å². The number of hydrogen-bond acceptors (Lipinski definition) is 6. The Bertz CT molecular complexity index is 691. The summed E-state index contributed by atoms with van der Waals surface area (Å²) in [5.74, 6) is -1.38. The van der Waals surface area contributed by atoms with Crippen LogP contribution < -0.4 is 0 Å². The van der Waals surface area contributed by atoms with Crippen molar-refractivity contribution in [1.29, 1.82) is 0 Å². The topological polar surface area (TPSA) is 125 Å². The van der Waals surface area contributed by atoms with Gasteiger partial charge in [0.1, 0.15) is 17.4 Å². The third kappa shape index (κ3) is 2.37. The number of nitrogens with one attached hydrogen (secondary N) is 1. The van der Waals surface area contributed by atoms with E-state index >= 15 is 0 Å². The largest absolute Gasteiger partial charge is 0.480 e. The highest BCUT2D eigenvalue weighted by Crippen LogP contribution is 2.22. The minimum Gasteiger partial charge on any atom is -0.480 e. The molecule has 21 heavy (non-hydrogen) atoms. The molecule has 0 bridgehead atoms. The highest BCUT2D eigenvalue weighted by atomic mass is 16.6. The zero-order chi connectivity index (χ0) is 15.0. The smallest absolute Gasteiger partial charge is 0.326 e.